The summed E-state index contributed by atoms with van der Waals surface area (Å²) in [5.41, 5.74) is 2.06. The van der Waals surface area contributed by atoms with Crippen molar-refractivity contribution >= 4 is 5.76 Å². The van der Waals surface area contributed by atoms with Crippen molar-refractivity contribution in [3.63, 3.8) is 0 Å². The maximum atomic E-state index is 5.37. The molecule has 0 aromatic carbocycles. The van der Waals surface area contributed by atoms with Crippen LogP contribution in [-0.4, -0.2) is 23.4 Å². The molecule has 0 fully saturated rings. The van der Waals surface area contributed by atoms with E-state index in [1.54, 1.807) is 4.68 Å². The van der Waals surface area contributed by atoms with Gasteiger partial charge in [-0.25, -0.2) is 0 Å². The molecular formula is C10H17N3O. The van der Waals surface area contributed by atoms with Crippen LogP contribution in [0.5, 0.6) is 0 Å². The number of aryl methyl sites for hydroxylation is 1. The summed E-state index contributed by atoms with van der Waals surface area (Å²) in [5, 5.41) is 7.26. The molecule has 78 valence electrons. The molecule has 0 saturated carbocycles. The van der Waals surface area contributed by atoms with Gasteiger partial charge < -0.3 is 10.1 Å². The van der Waals surface area contributed by atoms with Crippen LogP contribution >= 0.6 is 0 Å². The average Bonchev–Trinajstić information content (AvgIpc) is 2.48. The third-order valence-corrected chi connectivity index (χ3v) is 1.96. The van der Waals surface area contributed by atoms with Gasteiger partial charge in [0.1, 0.15) is 11.5 Å². The quantitative estimate of drug-likeness (QED) is 0.716. The fourth-order valence-corrected chi connectivity index (χ4v) is 1.40. The van der Waals surface area contributed by atoms with Crippen LogP contribution in [0.2, 0.25) is 0 Å². The van der Waals surface area contributed by atoms with Gasteiger partial charge in [0.2, 0.25) is 0 Å². The summed E-state index contributed by atoms with van der Waals surface area (Å²) in [6, 6.07) is 0. The Morgan fingerprint density at radius 2 is 2.43 bits per heavy atom. The van der Waals surface area contributed by atoms with Gasteiger partial charge in [0, 0.05) is 19.2 Å². The van der Waals surface area contributed by atoms with E-state index >= 15 is 0 Å². The first kappa shape index (κ1) is 10.8. The molecule has 1 heterocycles. The Balaban J connectivity index is 2.92. The zero-order chi connectivity index (χ0) is 10.6. The second kappa shape index (κ2) is 4.81. The Kier molecular flexibility index (Phi) is 3.71. The maximum Gasteiger partial charge on any atom is 0.137 e. The minimum absolute atomic E-state index is 0.628. The van der Waals surface area contributed by atoms with Crippen LogP contribution < -0.4 is 5.32 Å². The van der Waals surface area contributed by atoms with Crippen LogP contribution in [0.1, 0.15) is 18.2 Å². The Hall–Kier alpha value is -1.29. The molecule has 0 aliphatic carbocycles. The molecule has 0 aliphatic rings. The molecule has 0 spiro atoms. The van der Waals surface area contributed by atoms with Crippen molar-refractivity contribution in [2.24, 2.45) is 7.05 Å². The lowest BCUT2D eigenvalue weighted by Crippen LogP contribution is -2.08. The molecule has 1 aromatic rings. The first-order valence-electron chi connectivity index (χ1n) is 4.68. The molecular weight excluding hydrogens is 178 g/mol. The lowest BCUT2D eigenvalue weighted by atomic mass is 10.2. The Morgan fingerprint density at radius 3 is 3.00 bits per heavy atom. The highest BCUT2D eigenvalue weighted by Gasteiger charge is 2.11. The number of hydrogen-bond donors (Lipinski definition) is 1. The molecule has 0 amide bonds. The van der Waals surface area contributed by atoms with Crippen LogP contribution in [0.3, 0.4) is 0 Å². The van der Waals surface area contributed by atoms with Crippen LogP contribution in [0.25, 0.3) is 5.76 Å². The molecule has 1 aromatic heterocycles. The van der Waals surface area contributed by atoms with Crippen LogP contribution in [-0.2, 0) is 18.3 Å². The lowest BCUT2D eigenvalue weighted by molar-refractivity contribution is 0.295. The van der Waals surface area contributed by atoms with Gasteiger partial charge in [0.25, 0.3) is 0 Å². The molecule has 4 nitrogen and oxygen atoms in total. The minimum Gasteiger partial charge on any atom is -0.492 e. The van der Waals surface area contributed by atoms with E-state index in [1.165, 1.54) is 0 Å². The maximum absolute atomic E-state index is 5.37. The van der Waals surface area contributed by atoms with Crippen LogP contribution in [0.4, 0.5) is 0 Å². The standard InChI is InChI=1S/C10H17N3O/c1-5-14-8(2)10-9(6-11-3)7-12-13(10)4/h7,11H,2,5-6H2,1,3-4H3. The Morgan fingerprint density at radius 1 is 1.71 bits per heavy atom. The van der Waals surface area contributed by atoms with Gasteiger partial charge in [-0.2, -0.15) is 5.10 Å². The number of nitrogens with one attached hydrogen (secondary N) is 1. The first-order chi connectivity index (χ1) is 6.70. The number of hydrogen-bond acceptors (Lipinski definition) is 3. The zero-order valence-corrected chi connectivity index (χ0v) is 9.00. The largest absolute Gasteiger partial charge is 0.492 e. The monoisotopic (exact) mass is 195 g/mol. The fraction of sp³-hybridized carbons (Fsp3) is 0.500. The van der Waals surface area contributed by atoms with Crippen molar-refractivity contribution < 1.29 is 4.74 Å². The second-order valence-electron chi connectivity index (χ2n) is 3.03. The summed E-state index contributed by atoms with van der Waals surface area (Å²) in [6.07, 6.45) is 1.83. The topological polar surface area (TPSA) is 39.1 Å². The van der Waals surface area contributed by atoms with Gasteiger partial charge in [-0.3, -0.25) is 4.68 Å². The van der Waals surface area contributed by atoms with Gasteiger partial charge in [0.15, 0.2) is 0 Å². The molecule has 0 saturated heterocycles. The summed E-state index contributed by atoms with van der Waals surface area (Å²) in [4.78, 5) is 0. The SMILES string of the molecule is C=C(OCC)c1c(CNC)cnn1C. The van der Waals surface area contributed by atoms with Gasteiger partial charge in [-0.05, 0) is 14.0 Å². The summed E-state index contributed by atoms with van der Waals surface area (Å²) in [7, 11) is 3.79. The van der Waals surface area contributed by atoms with Gasteiger partial charge in [-0.1, -0.05) is 6.58 Å². The average molecular weight is 195 g/mol. The molecule has 14 heavy (non-hydrogen) atoms. The van der Waals surface area contributed by atoms with Crippen molar-refractivity contribution in [3.05, 3.63) is 24.0 Å². The zero-order valence-electron chi connectivity index (χ0n) is 9.00. The normalized spacial score (nSPS) is 10.2. The van der Waals surface area contributed by atoms with E-state index in [0.29, 0.717) is 12.4 Å². The molecule has 0 unspecified atom stereocenters. The van der Waals surface area contributed by atoms with E-state index < -0.39 is 0 Å². The van der Waals surface area contributed by atoms with E-state index in [0.717, 1.165) is 17.8 Å². The smallest absolute Gasteiger partial charge is 0.137 e. The third kappa shape index (κ3) is 2.14. The van der Waals surface area contributed by atoms with Crippen molar-refractivity contribution in [3.8, 4) is 0 Å². The summed E-state index contributed by atoms with van der Waals surface area (Å²) in [5.74, 6) is 0.678. The van der Waals surface area contributed by atoms with Crippen molar-refractivity contribution in [1.29, 1.82) is 0 Å². The molecule has 0 atom stereocenters. The molecule has 4 heteroatoms. The van der Waals surface area contributed by atoms with Gasteiger partial charge in [0.05, 0.1) is 12.8 Å². The summed E-state index contributed by atoms with van der Waals surface area (Å²) >= 11 is 0. The first-order valence-corrected chi connectivity index (χ1v) is 4.68. The van der Waals surface area contributed by atoms with E-state index in [1.807, 2.05) is 27.2 Å². The predicted octanol–water partition coefficient (Wildman–Crippen LogP) is 1.15. The van der Waals surface area contributed by atoms with Gasteiger partial charge in [-0.15, -0.1) is 0 Å². The Bertz CT molecular complexity index is 317. The third-order valence-electron chi connectivity index (χ3n) is 1.96. The van der Waals surface area contributed by atoms with E-state index in [-0.39, 0.29) is 0 Å². The number of rotatable bonds is 5. The van der Waals surface area contributed by atoms with Crippen molar-refractivity contribution in [2.75, 3.05) is 13.7 Å². The highest BCUT2D eigenvalue weighted by Crippen LogP contribution is 2.17. The van der Waals surface area contributed by atoms with Crippen LogP contribution in [0, 0.1) is 0 Å². The molecule has 0 aliphatic heterocycles. The summed E-state index contributed by atoms with van der Waals surface area (Å²) < 4.78 is 7.15. The van der Waals surface area contributed by atoms with E-state index in [9.17, 15) is 0 Å². The van der Waals surface area contributed by atoms with E-state index in [2.05, 4.69) is 17.0 Å². The predicted molar refractivity (Wildman–Crippen MR) is 56.6 cm³/mol. The number of nitrogens with zero attached hydrogens (tertiary/aromatic N) is 2. The van der Waals surface area contributed by atoms with E-state index in [4.69, 9.17) is 4.74 Å². The fourth-order valence-electron chi connectivity index (χ4n) is 1.40. The highest BCUT2D eigenvalue weighted by atomic mass is 16.5. The lowest BCUT2D eigenvalue weighted by Gasteiger charge is -2.09. The minimum atomic E-state index is 0.628. The van der Waals surface area contributed by atoms with Crippen molar-refractivity contribution in [2.45, 2.75) is 13.5 Å². The molecule has 1 N–H and O–H groups in total. The molecule has 1 rings (SSSR count). The number of aromatic nitrogens is 2. The Labute approximate surface area is 84.6 Å². The van der Waals surface area contributed by atoms with Crippen molar-refractivity contribution in [1.82, 2.24) is 15.1 Å². The van der Waals surface area contributed by atoms with Gasteiger partial charge >= 0.3 is 0 Å². The second-order valence-corrected chi connectivity index (χ2v) is 3.03. The molecule has 0 radical (unpaired) electrons. The molecule has 0 bridgehead atoms. The highest BCUT2D eigenvalue weighted by molar-refractivity contribution is 5.57. The van der Waals surface area contributed by atoms with Crippen LogP contribution in [0.15, 0.2) is 12.8 Å². The number of ether oxygens (including phenoxy) is 1. The summed E-state index contributed by atoms with van der Waals surface area (Å²) in [6.45, 7) is 7.22.